The Bertz CT molecular complexity index is 562. The zero-order valence-electron chi connectivity index (χ0n) is 12.0. The van der Waals surface area contributed by atoms with Crippen LogP contribution < -0.4 is 10.6 Å². The molecule has 0 fully saturated rings. The van der Waals surface area contributed by atoms with Crippen LogP contribution in [0.1, 0.15) is 42.9 Å². The first-order valence-electron chi connectivity index (χ1n) is 6.77. The van der Waals surface area contributed by atoms with Gasteiger partial charge in [0.2, 0.25) is 0 Å². The third-order valence-electron chi connectivity index (χ3n) is 2.93. The van der Waals surface area contributed by atoms with Crippen LogP contribution in [0.3, 0.4) is 0 Å². The molecule has 0 aliphatic heterocycles. The third-order valence-corrected chi connectivity index (χ3v) is 2.93. The van der Waals surface area contributed by atoms with E-state index in [2.05, 4.69) is 10.6 Å². The van der Waals surface area contributed by atoms with Gasteiger partial charge in [0, 0.05) is 11.7 Å². The van der Waals surface area contributed by atoms with E-state index in [1.807, 2.05) is 57.2 Å². The highest BCUT2D eigenvalue weighted by Gasteiger charge is 2.16. The number of para-hydroxylation sites is 1. The van der Waals surface area contributed by atoms with Crippen molar-refractivity contribution in [2.24, 2.45) is 0 Å². The smallest absolute Gasteiger partial charge is 0.253 e. The highest BCUT2D eigenvalue weighted by molar-refractivity contribution is 5.99. The van der Waals surface area contributed by atoms with Crippen LogP contribution in [-0.4, -0.2) is 11.9 Å². The Morgan fingerprint density at radius 2 is 1.85 bits per heavy atom. The summed E-state index contributed by atoms with van der Waals surface area (Å²) in [6.07, 6.45) is 1.60. The fraction of sp³-hybridized carbons (Fsp3) is 0.312. The zero-order chi connectivity index (χ0) is 14.5. The van der Waals surface area contributed by atoms with Crippen LogP contribution in [0.4, 0.5) is 5.69 Å². The van der Waals surface area contributed by atoms with E-state index in [4.69, 9.17) is 4.42 Å². The minimum absolute atomic E-state index is 0.113. The van der Waals surface area contributed by atoms with Gasteiger partial charge >= 0.3 is 0 Å². The van der Waals surface area contributed by atoms with E-state index in [1.54, 1.807) is 6.26 Å². The number of carbonyl (C=O) groups is 1. The number of anilines is 1. The van der Waals surface area contributed by atoms with E-state index in [-0.39, 0.29) is 18.0 Å². The fourth-order valence-corrected chi connectivity index (χ4v) is 2.00. The highest BCUT2D eigenvalue weighted by atomic mass is 16.3. The summed E-state index contributed by atoms with van der Waals surface area (Å²) in [5.74, 6) is 0.630. The van der Waals surface area contributed by atoms with E-state index in [0.29, 0.717) is 5.56 Å². The summed E-state index contributed by atoms with van der Waals surface area (Å²) in [5.41, 5.74) is 1.48. The summed E-state index contributed by atoms with van der Waals surface area (Å²) < 4.78 is 5.30. The summed E-state index contributed by atoms with van der Waals surface area (Å²) in [5, 5.41) is 6.22. The Labute approximate surface area is 119 Å². The SMILES string of the molecule is CC(C)Nc1ccccc1C(=O)N[C@@H](C)c1ccco1. The third kappa shape index (κ3) is 3.41. The van der Waals surface area contributed by atoms with Crippen molar-refractivity contribution in [2.45, 2.75) is 32.9 Å². The molecule has 1 aromatic carbocycles. The van der Waals surface area contributed by atoms with Crippen molar-refractivity contribution < 1.29 is 9.21 Å². The van der Waals surface area contributed by atoms with Gasteiger partial charge in [0.25, 0.3) is 5.91 Å². The normalized spacial score (nSPS) is 12.2. The van der Waals surface area contributed by atoms with Gasteiger partial charge in [-0.3, -0.25) is 4.79 Å². The average Bonchev–Trinajstić information content (AvgIpc) is 2.92. The first-order chi connectivity index (χ1) is 9.58. The first-order valence-corrected chi connectivity index (χ1v) is 6.77. The van der Waals surface area contributed by atoms with Gasteiger partial charge in [0.15, 0.2) is 0 Å². The summed E-state index contributed by atoms with van der Waals surface area (Å²) >= 11 is 0. The minimum Gasteiger partial charge on any atom is -0.467 e. The average molecular weight is 272 g/mol. The lowest BCUT2D eigenvalue weighted by Crippen LogP contribution is -2.27. The van der Waals surface area contributed by atoms with Crippen LogP contribution >= 0.6 is 0 Å². The fourth-order valence-electron chi connectivity index (χ4n) is 2.00. The second-order valence-corrected chi connectivity index (χ2v) is 5.06. The van der Waals surface area contributed by atoms with Gasteiger partial charge in [-0.15, -0.1) is 0 Å². The number of carbonyl (C=O) groups excluding carboxylic acids is 1. The van der Waals surface area contributed by atoms with Crippen molar-refractivity contribution in [1.82, 2.24) is 5.32 Å². The molecule has 0 aliphatic rings. The maximum atomic E-state index is 12.4. The lowest BCUT2D eigenvalue weighted by Gasteiger charge is -2.16. The number of benzene rings is 1. The van der Waals surface area contributed by atoms with Crippen LogP contribution in [-0.2, 0) is 0 Å². The number of nitrogens with one attached hydrogen (secondary N) is 2. The molecule has 0 spiro atoms. The number of hydrogen-bond donors (Lipinski definition) is 2. The molecule has 0 saturated heterocycles. The van der Waals surface area contributed by atoms with Crippen LogP contribution in [0.2, 0.25) is 0 Å². The van der Waals surface area contributed by atoms with Crippen molar-refractivity contribution in [3.8, 4) is 0 Å². The quantitative estimate of drug-likeness (QED) is 0.874. The Kier molecular flexibility index (Phi) is 4.45. The summed E-state index contributed by atoms with van der Waals surface area (Å²) in [6.45, 7) is 5.98. The molecule has 1 heterocycles. The maximum absolute atomic E-state index is 12.4. The predicted octanol–water partition coefficient (Wildman–Crippen LogP) is 3.59. The summed E-state index contributed by atoms with van der Waals surface area (Å²) in [6, 6.07) is 11.3. The van der Waals surface area contributed by atoms with Crippen molar-refractivity contribution in [2.75, 3.05) is 5.32 Å². The van der Waals surface area contributed by atoms with Gasteiger partial charge < -0.3 is 15.1 Å². The first kappa shape index (κ1) is 14.2. The van der Waals surface area contributed by atoms with Crippen molar-refractivity contribution in [3.63, 3.8) is 0 Å². The summed E-state index contributed by atoms with van der Waals surface area (Å²) in [4.78, 5) is 12.4. The molecule has 2 rings (SSSR count). The lowest BCUT2D eigenvalue weighted by molar-refractivity contribution is 0.0936. The largest absolute Gasteiger partial charge is 0.467 e. The second-order valence-electron chi connectivity index (χ2n) is 5.06. The van der Waals surface area contributed by atoms with Crippen molar-refractivity contribution in [1.29, 1.82) is 0 Å². The van der Waals surface area contributed by atoms with E-state index >= 15 is 0 Å². The molecule has 2 aromatic rings. The van der Waals surface area contributed by atoms with Gasteiger partial charge in [0.05, 0.1) is 17.9 Å². The van der Waals surface area contributed by atoms with E-state index < -0.39 is 0 Å². The molecule has 0 bridgehead atoms. The molecular weight excluding hydrogens is 252 g/mol. The molecule has 0 radical (unpaired) electrons. The van der Waals surface area contributed by atoms with E-state index in [9.17, 15) is 4.79 Å². The topological polar surface area (TPSA) is 54.3 Å². The molecule has 0 unspecified atom stereocenters. The van der Waals surface area contributed by atoms with Crippen LogP contribution in [0.15, 0.2) is 47.1 Å². The van der Waals surface area contributed by atoms with Crippen LogP contribution in [0, 0.1) is 0 Å². The molecular formula is C16H20N2O2. The van der Waals surface area contributed by atoms with Gasteiger partial charge in [0.1, 0.15) is 5.76 Å². The molecule has 1 atom stereocenters. The minimum atomic E-state index is -0.162. The van der Waals surface area contributed by atoms with Crippen molar-refractivity contribution >= 4 is 11.6 Å². The molecule has 2 N–H and O–H groups in total. The second kappa shape index (κ2) is 6.28. The highest BCUT2D eigenvalue weighted by Crippen LogP contribution is 2.18. The van der Waals surface area contributed by atoms with Gasteiger partial charge in [-0.2, -0.15) is 0 Å². The van der Waals surface area contributed by atoms with Gasteiger partial charge in [-0.25, -0.2) is 0 Å². The Morgan fingerprint density at radius 3 is 2.50 bits per heavy atom. The van der Waals surface area contributed by atoms with E-state index in [1.165, 1.54) is 0 Å². The van der Waals surface area contributed by atoms with Crippen molar-refractivity contribution in [3.05, 3.63) is 54.0 Å². The standard InChI is InChI=1S/C16H20N2O2/c1-11(2)17-14-8-5-4-7-13(14)16(19)18-12(3)15-9-6-10-20-15/h4-12,17H,1-3H3,(H,18,19)/t12-/m0/s1. The molecule has 106 valence electrons. The molecule has 0 aliphatic carbocycles. The van der Waals surface area contributed by atoms with Crippen LogP contribution in [0.5, 0.6) is 0 Å². The maximum Gasteiger partial charge on any atom is 0.253 e. The number of hydrogen-bond acceptors (Lipinski definition) is 3. The monoisotopic (exact) mass is 272 g/mol. The van der Waals surface area contributed by atoms with Crippen LogP contribution in [0.25, 0.3) is 0 Å². The molecule has 4 heteroatoms. The molecule has 0 saturated carbocycles. The molecule has 1 aromatic heterocycles. The Balaban J connectivity index is 2.13. The molecule has 4 nitrogen and oxygen atoms in total. The molecule has 1 amide bonds. The number of furan rings is 1. The lowest BCUT2D eigenvalue weighted by atomic mass is 10.1. The zero-order valence-corrected chi connectivity index (χ0v) is 12.0. The van der Waals surface area contributed by atoms with Gasteiger partial charge in [-0.1, -0.05) is 12.1 Å². The molecule has 20 heavy (non-hydrogen) atoms. The summed E-state index contributed by atoms with van der Waals surface area (Å²) in [7, 11) is 0. The van der Waals surface area contributed by atoms with Gasteiger partial charge in [-0.05, 0) is 45.0 Å². The Morgan fingerprint density at radius 1 is 1.10 bits per heavy atom. The number of amides is 1. The predicted molar refractivity (Wildman–Crippen MR) is 79.8 cm³/mol. The Hall–Kier alpha value is -2.23. The van der Waals surface area contributed by atoms with E-state index in [0.717, 1.165) is 11.4 Å². The number of rotatable bonds is 5.